The summed E-state index contributed by atoms with van der Waals surface area (Å²) in [7, 11) is 1.74. The van der Waals surface area contributed by atoms with E-state index in [0.29, 0.717) is 18.8 Å². The Bertz CT molecular complexity index is 380. The molecular weight excluding hydrogens is 234 g/mol. The summed E-state index contributed by atoms with van der Waals surface area (Å²) in [6.07, 6.45) is 4.08. The van der Waals surface area contributed by atoms with Gasteiger partial charge in [-0.15, -0.1) is 0 Å². The average Bonchev–Trinajstić information content (AvgIpc) is 2.99. The molecule has 1 fully saturated rings. The van der Waals surface area contributed by atoms with Gasteiger partial charge in [0.15, 0.2) is 0 Å². The Kier molecular flexibility index (Phi) is 4.19. The lowest BCUT2D eigenvalue weighted by Crippen LogP contribution is -2.40. The molecule has 0 unspecified atom stereocenters. The van der Waals surface area contributed by atoms with Gasteiger partial charge >= 0.3 is 6.03 Å². The molecule has 0 aliphatic heterocycles. The zero-order valence-electron chi connectivity index (χ0n) is 10.5. The zero-order valence-corrected chi connectivity index (χ0v) is 10.5. The summed E-state index contributed by atoms with van der Waals surface area (Å²) in [4.78, 5) is 13.4. The van der Waals surface area contributed by atoms with E-state index in [2.05, 4.69) is 15.0 Å². The third kappa shape index (κ3) is 3.22. The van der Waals surface area contributed by atoms with Gasteiger partial charge in [-0.05, 0) is 12.8 Å². The lowest BCUT2D eigenvalue weighted by Gasteiger charge is -2.23. The van der Waals surface area contributed by atoms with Crippen molar-refractivity contribution in [1.29, 1.82) is 0 Å². The fourth-order valence-corrected chi connectivity index (χ4v) is 2.29. The molecule has 0 bridgehead atoms. The molecule has 0 aromatic carbocycles. The van der Waals surface area contributed by atoms with Gasteiger partial charge in [0.1, 0.15) is 12.0 Å². The van der Waals surface area contributed by atoms with Crippen molar-refractivity contribution in [2.75, 3.05) is 13.6 Å². The van der Waals surface area contributed by atoms with Gasteiger partial charge in [0.2, 0.25) is 0 Å². The number of hydrogen-bond acceptors (Lipinski definition) is 4. The van der Waals surface area contributed by atoms with Crippen molar-refractivity contribution in [2.45, 2.75) is 31.9 Å². The molecule has 2 N–H and O–H groups in total. The van der Waals surface area contributed by atoms with Crippen LogP contribution < -0.4 is 5.32 Å². The standard InChI is InChI=1S/C12H19N3O3/c1-15(8-9-3-2-4-11(9)16)12(17)13-7-10-5-6-18-14-10/h5-6,9,11,16H,2-4,7-8H2,1H3,(H,13,17)/t9-,11-/m0/s1. The maximum Gasteiger partial charge on any atom is 0.317 e. The quantitative estimate of drug-likeness (QED) is 0.838. The highest BCUT2D eigenvalue weighted by molar-refractivity contribution is 5.73. The van der Waals surface area contributed by atoms with E-state index in [1.807, 2.05) is 0 Å². The number of urea groups is 1. The lowest BCUT2D eigenvalue weighted by atomic mass is 10.1. The molecule has 2 amide bonds. The van der Waals surface area contributed by atoms with E-state index >= 15 is 0 Å². The minimum absolute atomic E-state index is 0.155. The van der Waals surface area contributed by atoms with Crippen LogP contribution in [0.25, 0.3) is 0 Å². The summed E-state index contributed by atoms with van der Waals surface area (Å²) in [6, 6.07) is 1.55. The Morgan fingerprint density at radius 3 is 3.11 bits per heavy atom. The molecular formula is C12H19N3O3. The van der Waals surface area contributed by atoms with Crippen LogP contribution in [-0.2, 0) is 6.54 Å². The van der Waals surface area contributed by atoms with Crippen molar-refractivity contribution in [3.05, 3.63) is 18.0 Å². The van der Waals surface area contributed by atoms with Crippen LogP contribution in [0.4, 0.5) is 4.79 Å². The van der Waals surface area contributed by atoms with Gasteiger partial charge in [0.05, 0.1) is 12.6 Å². The number of nitrogens with one attached hydrogen (secondary N) is 1. The predicted octanol–water partition coefficient (Wildman–Crippen LogP) is 0.977. The number of carbonyl (C=O) groups is 1. The average molecular weight is 253 g/mol. The van der Waals surface area contributed by atoms with Crippen molar-refractivity contribution in [3.8, 4) is 0 Å². The van der Waals surface area contributed by atoms with Crippen LogP contribution >= 0.6 is 0 Å². The minimum Gasteiger partial charge on any atom is -0.393 e. The highest BCUT2D eigenvalue weighted by Crippen LogP contribution is 2.25. The van der Waals surface area contributed by atoms with Crippen LogP contribution in [0, 0.1) is 5.92 Å². The fourth-order valence-electron chi connectivity index (χ4n) is 2.29. The van der Waals surface area contributed by atoms with Crippen molar-refractivity contribution in [2.24, 2.45) is 5.92 Å². The molecule has 1 aliphatic rings. The van der Waals surface area contributed by atoms with E-state index in [1.54, 1.807) is 18.0 Å². The summed E-state index contributed by atoms with van der Waals surface area (Å²) in [5, 5.41) is 16.2. The van der Waals surface area contributed by atoms with Gasteiger partial charge in [-0.3, -0.25) is 0 Å². The Hall–Kier alpha value is -1.56. The first-order chi connectivity index (χ1) is 8.66. The largest absolute Gasteiger partial charge is 0.393 e. The van der Waals surface area contributed by atoms with Crippen LogP contribution in [0.2, 0.25) is 0 Å². The summed E-state index contributed by atoms with van der Waals surface area (Å²) in [5.41, 5.74) is 0.692. The normalized spacial score (nSPS) is 23.0. The molecule has 1 aromatic heterocycles. The van der Waals surface area contributed by atoms with E-state index in [0.717, 1.165) is 19.3 Å². The molecule has 0 saturated heterocycles. The van der Waals surface area contributed by atoms with Gasteiger partial charge in [0, 0.05) is 25.6 Å². The van der Waals surface area contributed by atoms with Crippen LogP contribution in [0.3, 0.4) is 0 Å². The molecule has 1 aliphatic carbocycles. The van der Waals surface area contributed by atoms with Crippen molar-refractivity contribution < 1.29 is 14.4 Å². The number of aliphatic hydroxyl groups excluding tert-OH is 1. The van der Waals surface area contributed by atoms with E-state index in [4.69, 9.17) is 0 Å². The monoisotopic (exact) mass is 253 g/mol. The number of rotatable bonds is 4. The Balaban J connectivity index is 1.74. The molecule has 18 heavy (non-hydrogen) atoms. The molecule has 0 spiro atoms. The van der Waals surface area contributed by atoms with Crippen LogP contribution in [0.5, 0.6) is 0 Å². The fraction of sp³-hybridized carbons (Fsp3) is 0.667. The molecule has 1 saturated carbocycles. The van der Waals surface area contributed by atoms with E-state index in [-0.39, 0.29) is 18.1 Å². The number of nitrogens with zero attached hydrogens (tertiary/aromatic N) is 2. The first-order valence-corrected chi connectivity index (χ1v) is 6.23. The molecule has 100 valence electrons. The highest BCUT2D eigenvalue weighted by atomic mass is 16.5. The first-order valence-electron chi connectivity index (χ1n) is 6.23. The smallest absolute Gasteiger partial charge is 0.317 e. The van der Waals surface area contributed by atoms with E-state index < -0.39 is 0 Å². The van der Waals surface area contributed by atoms with E-state index in [1.165, 1.54) is 6.26 Å². The van der Waals surface area contributed by atoms with Crippen LogP contribution in [0.15, 0.2) is 16.9 Å². The Morgan fingerprint density at radius 1 is 1.67 bits per heavy atom. The second-order valence-electron chi connectivity index (χ2n) is 4.79. The molecule has 6 nitrogen and oxygen atoms in total. The second-order valence-corrected chi connectivity index (χ2v) is 4.79. The Labute approximate surface area is 106 Å². The number of aromatic nitrogens is 1. The Morgan fingerprint density at radius 2 is 2.50 bits per heavy atom. The molecule has 6 heteroatoms. The van der Waals surface area contributed by atoms with Gasteiger partial charge in [-0.1, -0.05) is 11.6 Å². The van der Waals surface area contributed by atoms with E-state index in [9.17, 15) is 9.90 Å². The molecule has 2 atom stereocenters. The molecule has 0 radical (unpaired) electrons. The van der Waals surface area contributed by atoms with Gasteiger partial charge in [-0.25, -0.2) is 4.79 Å². The highest BCUT2D eigenvalue weighted by Gasteiger charge is 2.27. The van der Waals surface area contributed by atoms with Gasteiger partial charge < -0.3 is 19.8 Å². The first kappa shape index (κ1) is 12.9. The minimum atomic E-state index is -0.268. The third-order valence-corrected chi connectivity index (χ3v) is 3.39. The summed E-state index contributed by atoms with van der Waals surface area (Å²) < 4.78 is 4.68. The topological polar surface area (TPSA) is 78.6 Å². The zero-order chi connectivity index (χ0) is 13.0. The summed E-state index contributed by atoms with van der Waals surface area (Å²) in [5.74, 6) is 0.202. The number of carbonyl (C=O) groups excluding carboxylic acids is 1. The maximum absolute atomic E-state index is 11.8. The molecule has 1 heterocycles. The van der Waals surface area contributed by atoms with Crippen molar-refractivity contribution in [3.63, 3.8) is 0 Å². The SMILES string of the molecule is CN(C[C@@H]1CCC[C@@H]1O)C(=O)NCc1ccon1. The predicted molar refractivity (Wildman–Crippen MR) is 64.7 cm³/mol. The lowest BCUT2D eigenvalue weighted by molar-refractivity contribution is 0.114. The summed E-state index contributed by atoms with van der Waals surface area (Å²) in [6.45, 7) is 0.943. The van der Waals surface area contributed by atoms with Crippen molar-refractivity contribution >= 4 is 6.03 Å². The number of amides is 2. The van der Waals surface area contributed by atoms with Crippen molar-refractivity contribution in [1.82, 2.24) is 15.4 Å². The second kappa shape index (κ2) is 5.86. The third-order valence-electron chi connectivity index (χ3n) is 3.39. The van der Waals surface area contributed by atoms with Crippen LogP contribution in [-0.4, -0.2) is 40.9 Å². The maximum atomic E-state index is 11.8. The van der Waals surface area contributed by atoms with Crippen LogP contribution in [0.1, 0.15) is 25.0 Å². The van der Waals surface area contributed by atoms with Gasteiger partial charge in [0.25, 0.3) is 0 Å². The molecule has 2 rings (SSSR count). The summed E-state index contributed by atoms with van der Waals surface area (Å²) >= 11 is 0. The number of aliphatic hydroxyl groups is 1. The van der Waals surface area contributed by atoms with Gasteiger partial charge in [-0.2, -0.15) is 0 Å². The number of hydrogen-bond donors (Lipinski definition) is 2. The molecule has 1 aromatic rings.